The monoisotopic (exact) mass is 267 g/mol. The van der Waals surface area contributed by atoms with Crippen LogP contribution in [0.1, 0.15) is 39.0 Å². The van der Waals surface area contributed by atoms with Gasteiger partial charge in [0.2, 0.25) is 5.91 Å². The van der Waals surface area contributed by atoms with E-state index in [1.807, 2.05) is 0 Å². The first-order chi connectivity index (χ1) is 9.04. The fourth-order valence-electron chi connectivity index (χ4n) is 4.86. The first-order valence-corrected chi connectivity index (χ1v) is 7.58. The number of aliphatic hydroxyl groups excluding tert-OH is 2. The Labute approximate surface area is 114 Å². The molecule has 4 fully saturated rings. The number of hydrogen-bond donors (Lipinski definition) is 3. The molecule has 0 heterocycles. The number of carbonyl (C=O) groups is 1. The van der Waals surface area contributed by atoms with Crippen molar-refractivity contribution in [2.24, 2.45) is 29.6 Å². The molecule has 4 heteroatoms. The molecular formula is C15H25NO3. The molecule has 0 saturated heterocycles. The summed E-state index contributed by atoms with van der Waals surface area (Å²) in [5.74, 6) is 2.96. The second-order valence-electron chi connectivity index (χ2n) is 7.32. The standard InChI is InChI=1S/C15H25NO3/c1-15(7-17,8-18)16-14(19)13-11-3-9-2-10(5-11)6-12(13)4-9/h9-13,17-18H,2-8H2,1H3,(H,16,19). The molecule has 4 aliphatic carbocycles. The van der Waals surface area contributed by atoms with Gasteiger partial charge in [-0.15, -0.1) is 0 Å². The molecule has 4 bridgehead atoms. The van der Waals surface area contributed by atoms with Gasteiger partial charge in [0.25, 0.3) is 0 Å². The topological polar surface area (TPSA) is 69.6 Å². The molecule has 0 unspecified atom stereocenters. The summed E-state index contributed by atoms with van der Waals surface area (Å²) in [4.78, 5) is 12.5. The minimum Gasteiger partial charge on any atom is -0.394 e. The van der Waals surface area contributed by atoms with E-state index in [1.54, 1.807) is 6.92 Å². The van der Waals surface area contributed by atoms with Crippen LogP contribution in [0.4, 0.5) is 0 Å². The van der Waals surface area contributed by atoms with Crippen molar-refractivity contribution in [3.05, 3.63) is 0 Å². The summed E-state index contributed by atoms with van der Waals surface area (Å²) < 4.78 is 0. The largest absolute Gasteiger partial charge is 0.394 e. The molecule has 1 amide bonds. The minimum absolute atomic E-state index is 0.0550. The first kappa shape index (κ1) is 13.4. The molecule has 108 valence electrons. The molecule has 19 heavy (non-hydrogen) atoms. The maximum Gasteiger partial charge on any atom is 0.224 e. The lowest BCUT2D eigenvalue weighted by atomic mass is 9.51. The summed E-state index contributed by atoms with van der Waals surface area (Å²) in [7, 11) is 0. The number of amides is 1. The van der Waals surface area contributed by atoms with Crippen LogP contribution in [0, 0.1) is 29.6 Å². The zero-order chi connectivity index (χ0) is 13.6. The Morgan fingerprint density at radius 2 is 1.53 bits per heavy atom. The Kier molecular flexibility index (Phi) is 3.34. The zero-order valence-corrected chi connectivity index (χ0v) is 11.6. The highest BCUT2D eigenvalue weighted by atomic mass is 16.3. The smallest absolute Gasteiger partial charge is 0.224 e. The minimum atomic E-state index is -0.883. The molecule has 0 radical (unpaired) electrons. The van der Waals surface area contributed by atoms with E-state index in [4.69, 9.17) is 0 Å². The van der Waals surface area contributed by atoms with Crippen molar-refractivity contribution in [3.8, 4) is 0 Å². The first-order valence-electron chi connectivity index (χ1n) is 7.58. The highest BCUT2D eigenvalue weighted by Crippen LogP contribution is 2.56. The van der Waals surface area contributed by atoms with E-state index >= 15 is 0 Å². The Bertz CT molecular complexity index is 336. The van der Waals surface area contributed by atoms with Crippen molar-refractivity contribution in [1.29, 1.82) is 0 Å². The molecule has 3 N–H and O–H groups in total. The fourth-order valence-corrected chi connectivity index (χ4v) is 4.86. The summed E-state index contributed by atoms with van der Waals surface area (Å²) in [6.07, 6.45) is 6.21. The van der Waals surface area contributed by atoms with Gasteiger partial charge in [-0.3, -0.25) is 4.79 Å². The third-order valence-corrected chi connectivity index (χ3v) is 5.65. The van der Waals surface area contributed by atoms with Crippen molar-refractivity contribution in [1.82, 2.24) is 5.32 Å². The van der Waals surface area contributed by atoms with Gasteiger partial charge in [-0.2, -0.15) is 0 Å². The van der Waals surface area contributed by atoms with E-state index in [-0.39, 0.29) is 25.0 Å². The fraction of sp³-hybridized carbons (Fsp3) is 0.933. The SMILES string of the molecule is CC(CO)(CO)NC(=O)C1C2CC3CC(C2)CC1C3. The van der Waals surface area contributed by atoms with Gasteiger partial charge in [0.05, 0.1) is 18.8 Å². The van der Waals surface area contributed by atoms with Crippen LogP contribution in [-0.2, 0) is 4.79 Å². The van der Waals surface area contributed by atoms with Crippen LogP contribution < -0.4 is 5.32 Å². The number of aliphatic hydroxyl groups is 2. The van der Waals surface area contributed by atoms with Crippen molar-refractivity contribution >= 4 is 5.91 Å². The van der Waals surface area contributed by atoms with E-state index in [1.165, 1.54) is 32.1 Å². The van der Waals surface area contributed by atoms with Crippen LogP contribution in [-0.4, -0.2) is 34.9 Å². The molecule has 4 saturated carbocycles. The summed E-state index contributed by atoms with van der Waals surface area (Å²) in [6, 6.07) is 0. The van der Waals surface area contributed by atoms with E-state index < -0.39 is 5.54 Å². The van der Waals surface area contributed by atoms with Gasteiger partial charge in [-0.05, 0) is 62.7 Å². The zero-order valence-electron chi connectivity index (χ0n) is 11.6. The Morgan fingerprint density at radius 3 is 1.95 bits per heavy atom. The maximum atomic E-state index is 12.5. The molecule has 0 aliphatic heterocycles. The molecule has 0 atom stereocenters. The lowest BCUT2D eigenvalue weighted by molar-refractivity contribution is -0.141. The normalized spacial score (nSPS) is 40.5. The van der Waals surface area contributed by atoms with Gasteiger partial charge < -0.3 is 15.5 Å². The van der Waals surface area contributed by atoms with Crippen LogP contribution in [0.25, 0.3) is 0 Å². The molecule has 0 spiro atoms. The van der Waals surface area contributed by atoms with Gasteiger partial charge in [0, 0.05) is 5.92 Å². The van der Waals surface area contributed by atoms with E-state index in [2.05, 4.69) is 5.32 Å². The third kappa shape index (κ3) is 2.29. The molecule has 0 aromatic heterocycles. The Hall–Kier alpha value is -0.610. The predicted molar refractivity (Wildman–Crippen MR) is 71.3 cm³/mol. The highest BCUT2D eigenvalue weighted by molar-refractivity contribution is 5.80. The second-order valence-corrected chi connectivity index (χ2v) is 7.32. The molecular weight excluding hydrogens is 242 g/mol. The number of nitrogens with one attached hydrogen (secondary N) is 1. The van der Waals surface area contributed by atoms with E-state index in [9.17, 15) is 15.0 Å². The van der Waals surface area contributed by atoms with Crippen LogP contribution in [0.2, 0.25) is 0 Å². The quantitative estimate of drug-likeness (QED) is 0.709. The van der Waals surface area contributed by atoms with Crippen molar-refractivity contribution in [2.75, 3.05) is 13.2 Å². The summed E-state index contributed by atoms with van der Waals surface area (Å²) in [6.45, 7) is 1.26. The molecule has 4 nitrogen and oxygen atoms in total. The lowest BCUT2D eigenvalue weighted by Gasteiger charge is -2.54. The van der Waals surface area contributed by atoms with Crippen molar-refractivity contribution in [3.63, 3.8) is 0 Å². The van der Waals surface area contributed by atoms with Crippen LogP contribution in [0.15, 0.2) is 0 Å². The van der Waals surface area contributed by atoms with Gasteiger partial charge in [0.15, 0.2) is 0 Å². The second kappa shape index (κ2) is 4.74. The van der Waals surface area contributed by atoms with Crippen molar-refractivity contribution < 1.29 is 15.0 Å². The van der Waals surface area contributed by atoms with Crippen LogP contribution in [0.5, 0.6) is 0 Å². The van der Waals surface area contributed by atoms with Gasteiger partial charge >= 0.3 is 0 Å². The highest BCUT2D eigenvalue weighted by Gasteiger charge is 2.51. The summed E-state index contributed by atoms with van der Waals surface area (Å²) in [5.41, 5.74) is -0.883. The maximum absolute atomic E-state index is 12.5. The average molecular weight is 267 g/mol. The van der Waals surface area contributed by atoms with Gasteiger partial charge in [0.1, 0.15) is 0 Å². The lowest BCUT2D eigenvalue weighted by Crippen LogP contribution is -2.58. The molecule has 4 aliphatic rings. The molecule has 4 rings (SSSR count). The van der Waals surface area contributed by atoms with Gasteiger partial charge in [-0.1, -0.05) is 0 Å². The van der Waals surface area contributed by atoms with Crippen molar-refractivity contribution in [2.45, 2.75) is 44.6 Å². The molecule has 0 aromatic rings. The Balaban J connectivity index is 1.70. The number of hydrogen-bond acceptors (Lipinski definition) is 3. The third-order valence-electron chi connectivity index (χ3n) is 5.65. The predicted octanol–water partition coefficient (Wildman–Crippen LogP) is 0.918. The van der Waals surface area contributed by atoms with E-state index in [0.717, 1.165) is 11.8 Å². The van der Waals surface area contributed by atoms with Crippen LogP contribution in [0.3, 0.4) is 0 Å². The van der Waals surface area contributed by atoms with E-state index in [0.29, 0.717) is 11.8 Å². The number of rotatable bonds is 4. The Morgan fingerprint density at radius 1 is 1.05 bits per heavy atom. The average Bonchev–Trinajstić information content (AvgIpc) is 2.37. The van der Waals surface area contributed by atoms with Crippen LogP contribution >= 0.6 is 0 Å². The summed E-state index contributed by atoms with van der Waals surface area (Å²) in [5, 5.41) is 21.5. The summed E-state index contributed by atoms with van der Waals surface area (Å²) >= 11 is 0. The van der Waals surface area contributed by atoms with Gasteiger partial charge in [-0.25, -0.2) is 0 Å². The molecule has 0 aromatic carbocycles. The number of carbonyl (C=O) groups excluding carboxylic acids is 1.